The smallest absolute Gasteiger partial charge is 0.315 e. The van der Waals surface area contributed by atoms with Crippen LogP contribution < -0.4 is 0 Å². The third kappa shape index (κ3) is 2.81. The molecule has 19 heavy (non-hydrogen) atoms. The molecule has 0 aromatic heterocycles. The number of nitrogens with zero attached hydrogens (tertiary/aromatic N) is 1. The van der Waals surface area contributed by atoms with E-state index in [0.717, 1.165) is 18.7 Å². The van der Waals surface area contributed by atoms with Crippen LogP contribution in [-0.4, -0.2) is 38.1 Å². The fourth-order valence-corrected chi connectivity index (χ4v) is 2.76. The third-order valence-electron chi connectivity index (χ3n) is 4.17. The summed E-state index contributed by atoms with van der Waals surface area (Å²) in [5, 5.41) is 0. The summed E-state index contributed by atoms with van der Waals surface area (Å²) < 4.78 is 4.90. The highest BCUT2D eigenvalue weighted by Crippen LogP contribution is 2.31. The number of benzene rings is 1. The lowest BCUT2D eigenvalue weighted by molar-refractivity contribution is -0.146. The molecular formula is C16H23NO2. The number of methoxy groups -OCH3 is 1. The average molecular weight is 261 g/mol. The maximum absolute atomic E-state index is 11.9. The van der Waals surface area contributed by atoms with Gasteiger partial charge in [0.15, 0.2) is 0 Å². The summed E-state index contributed by atoms with van der Waals surface area (Å²) in [7, 11) is 3.60. The van der Waals surface area contributed by atoms with Gasteiger partial charge in [0.1, 0.15) is 0 Å². The van der Waals surface area contributed by atoms with E-state index < -0.39 is 5.41 Å². The molecule has 3 heteroatoms. The first-order valence-corrected chi connectivity index (χ1v) is 6.82. The topological polar surface area (TPSA) is 29.5 Å². The van der Waals surface area contributed by atoms with E-state index in [1.807, 2.05) is 26.0 Å². The molecule has 0 aliphatic carbocycles. The summed E-state index contributed by atoms with van der Waals surface area (Å²) in [5.41, 5.74) is 1.78. The zero-order valence-electron chi connectivity index (χ0n) is 12.3. The van der Waals surface area contributed by atoms with Gasteiger partial charge in [0.2, 0.25) is 0 Å². The average Bonchev–Trinajstić information content (AvgIpc) is 2.84. The molecule has 1 aromatic rings. The molecule has 1 atom stereocenters. The summed E-state index contributed by atoms with van der Waals surface area (Å²) in [4.78, 5) is 14.2. The van der Waals surface area contributed by atoms with E-state index in [2.05, 4.69) is 24.1 Å². The monoisotopic (exact) mass is 261 g/mol. The molecule has 104 valence electrons. The Morgan fingerprint density at radius 1 is 1.42 bits per heavy atom. The van der Waals surface area contributed by atoms with Crippen molar-refractivity contribution in [3.05, 3.63) is 35.4 Å². The molecule has 0 N–H and O–H groups in total. The van der Waals surface area contributed by atoms with Crippen LogP contribution in [0.25, 0.3) is 0 Å². The fourth-order valence-electron chi connectivity index (χ4n) is 2.76. The molecule has 1 unspecified atom stereocenters. The Hall–Kier alpha value is -1.35. The highest BCUT2D eigenvalue weighted by Gasteiger charge is 2.31. The van der Waals surface area contributed by atoms with E-state index in [-0.39, 0.29) is 5.97 Å². The summed E-state index contributed by atoms with van der Waals surface area (Å²) in [6.45, 7) is 6.08. The molecule has 3 nitrogen and oxygen atoms in total. The number of carbonyl (C=O) groups excluding carboxylic acids is 1. The zero-order chi connectivity index (χ0) is 14.0. The maximum atomic E-state index is 11.9. The molecule has 1 aromatic carbocycles. The highest BCUT2D eigenvalue weighted by molar-refractivity contribution is 5.82. The van der Waals surface area contributed by atoms with E-state index in [4.69, 9.17) is 4.74 Å². The quantitative estimate of drug-likeness (QED) is 0.783. The third-order valence-corrected chi connectivity index (χ3v) is 4.17. The van der Waals surface area contributed by atoms with Crippen molar-refractivity contribution in [1.29, 1.82) is 0 Å². The lowest BCUT2D eigenvalue weighted by Gasteiger charge is -2.23. The second-order valence-corrected chi connectivity index (χ2v) is 5.99. The predicted molar refractivity (Wildman–Crippen MR) is 76.3 cm³/mol. The van der Waals surface area contributed by atoms with Crippen molar-refractivity contribution in [2.24, 2.45) is 0 Å². The van der Waals surface area contributed by atoms with Gasteiger partial charge in [0.05, 0.1) is 12.5 Å². The molecule has 0 bridgehead atoms. The number of esters is 1. The number of likely N-dealkylation sites (N-methyl/N-ethyl adjacent to an activating group) is 1. The molecule has 0 spiro atoms. The van der Waals surface area contributed by atoms with Gasteiger partial charge >= 0.3 is 5.97 Å². The molecule has 0 saturated carbocycles. The molecule has 0 amide bonds. The Morgan fingerprint density at radius 3 is 2.74 bits per heavy atom. The number of hydrogen-bond acceptors (Lipinski definition) is 3. The van der Waals surface area contributed by atoms with Crippen molar-refractivity contribution >= 4 is 5.97 Å². The normalized spacial score (nSPS) is 20.5. The molecule has 1 saturated heterocycles. The van der Waals surface area contributed by atoms with Crippen molar-refractivity contribution in [1.82, 2.24) is 4.90 Å². The number of rotatable bonds is 3. The van der Waals surface area contributed by atoms with Gasteiger partial charge in [-0.3, -0.25) is 4.79 Å². The van der Waals surface area contributed by atoms with Crippen molar-refractivity contribution in [2.45, 2.75) is 31.6 Å². The van der Waals surface area contributed by atoms with Crippen LogP contribution in [0.3, 0.4) is 0 Å². The van der Waals surface area contributed by atoms with E-state index in [1.54, 1.807) is 0 Å². The van der Waals surface area contributed by atoms with Crippen molar-refractivity contribution in [3.63, 3.8) is 0 Å². The highest BCUT2D eigenvalue weighted by atomic mass is 16.5. The molecule has 1 heterocycles. The fraction of sp³-hybridized carbons (Fsp3) is 0.562. The van der Waals surface area contributed by atoms with Crippen LogP contribution in [0.5, 0.6) is 0 Å². The number of carbonyl (C=O) groups is 1. The van der Waals surface area contributed by atoms with Gasteiger partial charge in [0.25, 0.3) is 0 Å². The Balaban J connectivity index is 2.27. The van der Waals surface area contributed by atoms with Crippen LogP contribution in [0.1, 0.15) is 37.3 Å². The van der Waals surface area contributed by atoms with Crippen LogP contribution >= 0.6 is 0 Å². The molecule has 1 aliphatic heterocycles. The summed E-state index contributed by atoms with van der Waals surface area (Å²) in [5.74, 6) is 0.395. The Bertz CT molecular complexity index is 468. The second-order valence-electron chi connectivity index (χ2n) is 5.99. The lowest BCUT2D eigenvalue weighted by Crippen LogP contribution is -2.30. The Morgan fingerprint density at radius 2 is 2.16 bits per heavy atom. The van der Waals surface area contributed by atoms with Crippen molar-refractivity contribution < 1.29 is 9.53 Å². The summed E-state index contributed by atoms with van der Waals surface area (Å²) >= 11 is 0. The van der Waals surface area contributed by atoms with Gasteiger partial charge in [-0.25, -0.2) is 0 Å². The van der Waals surface area contributed by atoms with Gasteiger partial charge in [-0.1, -0.05) is 24.3 Å². The maximum Gasteiger partial charge on any atom is 0.315 e. The molecule has 1 aliphatic rings. The largest absolute Gasteiger partial charge is 0.468 e. The van der Waals surface area contributed by atoms with Crippen LogP contribution in [0, 0.1) is 0 Å². The number of ether oxygens (including phenoxy) is 1. The lowest BCUT2D eigenvalue weighted by atomic mass is 9.82. The van der Waals surface area contributed by atoms with Gasteiger partial charge in [0, 0.05) is 6.54 Å². The van der Waals surface area contributed by atoms with Crippen LogP contribution in [0.15, 0.2) is 24.3 Å². The second kappa shape index (κ2) is 5.33. The van der Waals surface area contributed by atoms with Crippen molar-refractivity contribution in [3.8, 4) is 0 Å². The van der Waals surface area contributed by atoms with E-state index >= 15 is 0 Å². The van der Waals surface area contributed by atoms with Gasteiger partial charge in [-0.05, 0) is 50.9 Å². The first-order valence-electron chi connectivity index (χ1n) is 6.82. The van der Waals surface area contributed by atoms with Crippen LogP contribution in [0.4, 0.5) is 0 Å². The van der Waals surface area contributed by atoms with Gasteiger partial charge < -0.3 is 9.64 Å². The SMILES string of the molecule is COC(=O)C(C)(C)c1cccc(C2CCN(C)C2)c1. The first kappa shape index (κ1) is 14.1. The Kier molecular flexibility index (Phi) is 3.95. The minimum Gasteiger partial charge on any atom is -0.468 e. The van der Waals surface area contributed by atoms with E-state index in [9.17, 15) is 4.79 Å². The minimum atomic E-state index is -0.588. The predicted octanol–water partition coefficient (Wildman–Crippen LogP) is 2.56. The first-order chi connectivity index (χ1) is 8.95. The number of likely N-dealkylation sites (tertiary alicyclic amines) is 1. The number of hydrogen-bond donors (Lipinski definition) is 0. The van der Waals surface area contributed by atoms with Gasteiger partial charge in [-0.15, -0.1) is 0 Å². The van der Waals surface area contributed by atoms with Crippen LogP contribution in [-0.2, 0) is 14.9 Å². The minimum absolute atomic E-state index is 0.187. The van der Waals surface area contributed by atoms with Crippen molar-refractivity contribution in [2.75, 3.05) is 27.2 Å². The van der Waals surface area contributed by atoms with E-state index in [1.165, 1.54) is 19.1 Å². The summed E-state index contributed by atoms with van der Waals surface area (Å²) in [6.07, 6.45) is 1.19. The van der Waals surface area contributed by atoms with E-state index in [0.29, 0.717) is 5.92 Å². The van der Waals surface area contributed by atoms with Gasteiger partial charge in [-0.2, -0.15) is 0 Å². The molecule has 1 fully saturated rings. The molecule has 0 radical (unpaired) electrons. The molecule has 2 rings (SSSR count). The standard InChI is InChI=1S/C16H23NO2/c1-16(2,15(18)19-4)14-7-5-6-12(10-14)13-8-9-17(3)11-13/h5-7,10,13H,8-9,11H2,1-4H3. The van der Waals surface area contributed by atoms with Crippen LogP contribution in [0.2, 0.25) is 0 Å². The molecular weight excluding hydrogens is 238 g/mol. The zero-order valence-corrected chi connectivity index (χ0v) is 12.3. The Labute approximate surface area is 115 Å². The summed E-state index contributed by atoms with van der Waals surface area (Å²) in [6, 6.07) is 8.40.